The van der Waals surface area contributed by atoms with E-state index in [2.05, 4.69) is 25.9 Å². The molecule has 4 nitrogen and oxygen atoms in total. The van der Waals surface area contributed by atoms with E-state index in [9.17, 15) is 0 Å². The van der Waals surface area contributed by atoms with Crippen LogP contribution >= 0.6 is 27.5 Å². The Labute approximate surface area is 135 Å². The topological polar surface area (TPSA) is 39.9 Å². The highest BCUT2D eigenvalue weighted by atomic mass is 79.9. The summed E-state index contributed by atoms with van der Waals surface area (Å²) in [7, 11) is 1.64. The SMILES string of the molecule is COc1ccc(-n2c(C(C)Cl)nc3cnccc32)cc1Br. The molecule has 21 heavy (non-hydrogen) atoms. The van der Waals surface area contributed by atoms with Crippen molar-refractivity contribution in [2.45, 2.75) is 12.3 Å². The fourth-order valence-electron chi connectivity index (χ4n) is 2.28. The minimum atomic E-state index is -0.210. The minimum Gasteiger partial charge on any atom is -0.496 e. The predicted molar refractivity (Wildman–Crippen MR) is 87.4 cm³/mol. The molecule has 0 saturated carbocycles. The van der Waals surface area contributed by atoms with E-state index in [1.807, 2.05) is 35.8 Å². The van der Waals surface area contributed by atoms with Gasteiger partial charge in [-0.05, 0) is 47.1 Å². The molecule has 0 saturated heterocycles. The molecule has 2 aromatic heterocycles. The van der Waals surface area contributed by atoms with Crippen molar-refractivity contribution in [1.29, 1.82) is 0 Å². The van der Waals surface area contributed by atoms with Gasteiger partial charge in [-0.25, -0.2) is 4.98 Å². The van der Waals surface area contributed by atoms with Crippen molar-refractivity contribution < 1.29 is 4.74 Å². The Morgan fingerprint density at radius 1 is 1.33 bits per heavy atom. The van der Waals surface area contributed by atoms with Gasteiger partial charge < -0.3 is 4.74 Å². The van der Waals surface area contributed by atoms with Crippen LogP contribution in [0.2, 0.25) is 0 Å². The van der Waals surface area contributed by atoms with Gasteiger partial charge in [0.05, 0.1) is 28.7 Å². The number of hydrogen-bond acceptors (Lipinski definition) is 3. The molecule has 0 aliphatic rings. The number of pyridine rings is 1. The van der Waals surface area contributed by atoms with Gasteiger partial charge in [-0.15, -0.1) is 11.6 Å². The van der Waals surface area contributed by atoms with E-state index in [0.29, 0.717) is 0 Å². The number of aromatic nitrogens is 3. The van der Waals surface area contributed by atoms with Crippen LogP contribution in [0, 0.1) is 0 Å². The van der Waals surface area contributed by atoms with Gasteiger partial charge in [-0.3, -0.25) is 9.55 Å². The number of alkyl halides is 1. The third kappa shape index (κ3) is 2.51. The van der Waals surface area contributed by atoms with Crippen LogP contribution in [-0.4, -0.2) is 21.6 Å². The highest BCUT2D eigenvalue weighted by molar-refractivity contribution is 9.10. The van der Waals surface area contributed by atoms with Crippen LogP contribution in [0.25, 0.3) is 16.7 Å². The summed E-state index contributed by atoms with van der Waals surface area (Å²) >= 11 is 9.80. The molecule has 0 fully saturated rings. The Hall–Kier alpha value is -1.59. The molecule has 2 heterocycles. The first kappa shape index (κ1) is 14.4. The highest BCUT2D eigenvalue weighted by Crippen LogP contribution is 2.32. The van der Waals surface area contributed by atoms with Crippen molar-refractivity contribution in [2.75, 3.05) is 7.11 Å². The van der Waals surface area contributed by atoms with E-state index in [0.717, 1.165) is 32.8 Å². The summed E-state index contributed by atoms with van der Waals surface area (Å²) < 4.78 is 8.20. The summed E-state index contributed by atoms with van der Waals surface area (Å²) in [5.41, 5.74) is 2.77. The van der Waals surface area contributed by atoms with E-state index in [1.54, 1.807) is 19.5 Å². The second-order valence-electron chi connectivity index (χ2n) is 4.60. The minimum absolute atomic E-state index is 0.210. The molecule has 1 unspecified atom stereocenters. The maximum absolute atomic E-state index is 6.29. The van der Waals surface area contributed by atoms with Gasteiger partial charge in [0.25, 0.3) is 0 Å². The van der Waals surface area contributed by atoms with Crippen molar-refractivity contribution >= 4 is 38.6 Å². The van der Waals surface area contributed by atoms with Crippen molar-refractivity contribution in [3.05, 3.63) is 47.0 Å². The summed E-state index contributed by atoms with van der Waals surface area (Å²) in [6.07, 6.45) is 3.49. The van der Waals surface area contributed by atoms with Crippen LogP contribution in [0.1, 0.15) is 18.1 Å². The largest absolute Gasteiger partial charge is 0.496 e. The first-order valence-corrected chi connectivity index (χ1v) is 7.65. The van der Waals surface area contributed by atoms with Gasteiger partial charge in [0, 0.05) is 11.9 Å². The lowest BCUT2D eigenvalue weighted by atomic mass is 10.2. The monoisotopic (exact) mass is 365 g/mol. The maximum atomic E-state index is 6.29. The van der Waals surface area contributed by atoms with Crippen LogP contribution in [0.4, 0.5) is 0 Å². The predicted octanol–water partition coefficient (Wildman–Crippen LogP) is 4.49. The molecule has 108 valence electrons. The Morgan fingerprint density at radius 2 is 2.14 bits per heavy atom. The Balaban J connectivity index is 2.27. The first-order chi connectivity index (χ1) is 10.1. The number of nitrogens with zero attached hydrogens (tertiary/aromatic N) is 3. The average Bonchev–Trinajstić information content (AvgIpc) is 2.86. The number of methoxy groups -OCH3 is 1. The second-order valence-corrected chi connectivity index (χ2v) is 6.11. The normalized spacial score (nSPS) is 12.6. The Bertz CT molecular complexity index is 801. The summed E-state index contributed by atoms with van der Waals surface area (Å²) in [4.78, 5) is 8.70. The third-order valence-electron chi connectivity index (χ3n) is 3.23. The van der Waals surface area contributed by atoms with Gasteiger partial charge in [0.1, 0.15) is 17.1 Å². The smallest absolute Gasteiger partial charge is 0.133 e. The summed E-state index contributed by atoms with van der Waals surface area (Å²) in [6, 6.07) is 7.81. The maximum Gasteiger partial charge on any atom is 0.133 e. The van der Waals surface area contributed by atoms with E-state index < -0.39 is 0 Å². The molecule has 0 amide bonds. The number of hydrogen-bond donors (Lipinski definition) is 0. The Morgan fingerprint density at radius 3 is 2.81 bits per heavy atom. The molecule has 0 spiro atoms. The van der Waals surface area contributed by atoms with Crippen LogP contribution in [-0.2, 0) is 0 Å². The van der Waals surface area contributed by atoms with E-state index in [4.69, 9.17) is 16.3 Å². The molecule has 6 heteroatoms. The highest BCUT2D eigenvalue weighted by Gasteiger charge is 2.17. The molecule has 3 aromatic rings. The summed E-state index contributed by atoms with van der Waals surface area (Å²) in [6.45, 7) is 1.91. The number of fused-ring (bicyclic) bond motifs is 1. The fourth-order valence-corrected chi connectivity index (χ4v) is 2.96. The van der Waals surface area contributed by atoms with Crippen molar-refractivity contribution in [1.82, 2.24) is 14.5 Å². The lowest BCUT2D eigenvalue weighted by Crippen LogP contribution is -2.02. The lowest BCUT2D eigenvalue weighted by Gasteiger charge is -2.12. The number of imidazole rings is 1. The van der Waals surface area contributed by atoms with Crippen LogP contribution in [0.3, 0.4) is 0 Å². The molecule has 0 aliphatic carbocycles. The van der Waals surface area contributed by atoms with Gasteiger partial charge in [0.2, 0.25) is 0 Å². The molecule has 0 N–H and O–H groups in total. The zero-order valence-corrected chi connectivity index (χ0v) is 13.9. The summed E-state index contributed by atoms with van der Waals surface area (Å²) in [5.74, 6) is 1.57. The second kappa shape index (κ2) is 5.66. The van der Waals surface area contributed by atoms with Crippen LogP contribution in [0.5, 0.6) is 5.75 Å². The van der Waals surface area contributed by atoms with Crippen molar-refractivity contribution in [3.8, 4) is 11.4 Å². The lowest BCUT2D eigenvalue weighted by molar-refractivity contribution is 0.412. The van der Waals surface area contributed by atoms with E-state index in [-0.39, 0.29) is 5.38 Å². The molecular weight excluding hydrogens is 354 g/mol. The van der Waals surface area contributed by atoms with Gasteiger partial charge >= 0.3 is 0 Å². The molecule has 1 atom stereocenters. The summed E-state index contributed by atoms with van der Waals surface area (Å²) in [5, 5.41) is -0.210. The molecule has 0 aliphatic heterocycles. The van der Waals surface area contributed by atoms with E-state index in [1.165, 1.54) is 0 Å². The number of ether oxygens (including phenoxy) is 1. The molecule has 1 aromatic carbocycles. The zero-order chi connectivity index (χ0) is 15.0. The number of halogens is 2. The molecule has 3 rings (SSSR count). The number of benzene rings is 1. The first-order valence-electron chi connectivity index (χ1n) is 6.42. The standard InChI is InChI=1S/C15H13BrClN3O/c1-9(17)15-19-12-8-18-6-5-13(12)20(15)10-3-4-14(21-2)11(16)7-10/h3-9H,1-2H3. The number of rotatable bonds is 3. The van der Waals surface area contributed by atoms with Crippen molar-refractivity contribution in [2.24, 2.45) is 0 Å². The van der Waals surface area contributed by atoms with Gasteiger partial charge in [0.15, 0.2) is 0 Å². The zero-order valence-electron chi connectivity index (χ0n) is 11.5. The molecule has 0 bridgehead atoms. The molecule has 0 radical (unpaired) electrons. The quantitative estimate of drug-likeness (QED) is 0.641. The van der Waals surface area contributed by atoms with Crippen LogP contribution in [0.15, 0.2) is 41.1 Å². The third-order valence-corrected chi connectivity index (χ3v) is 4.05. The average molecular weight is 367 g/mol. The van der Waals surface area contributed by atoms with Crippen LogP contribution < -0.4 is 4.74 Å². The van der Waals surface area contributed by atoms with Gasteiger partial charge in [-0.1, -0.05) is 0 Å². The van der Waals surface area contributed by atoms with Gasteiger partial charge in [-0.2, -0.15) is 0 Å². The van der Waals surface area contributed by atoms with E-state index >= 15 is 0 Å². The Kier molecular flexibility index (Phi) is 3.87. The fraction of sp³-hybridized carbons (Fsp3) is 0.200. The van der Waals surface area contributed by atoms with Crippen molar-refractivity contribution in [3.63, 3.8) is 0 Å². The molecular formula is C15H13BrClN3O.